The number of piperidine rings is 1. The van der Waals surface area contributed by atoms with Gasteiger partial charge in [-0.05, 0) is 6.42 Å². The number of carbonyl (C=O) groups is 1. The number of amides is 1. The molecule has 104 valence electrons. The summed E-state index contributed by atoms with van der Waals surface area (Å²) in [6.45, 7) is 0.678. The molecule has 1 aromatic carbocycles. The van der Waals surface area contributed by atoms with Crippen molar-refractivity contribution in [2.75, 3.05) is 18.9 Å². The molecule has 2 heterocycles. The fraction of sp³-hybridized carbons (Fsp3) is 0.357. The molecule has 1 saturated heterocycles. The molecule has 6 heteroatoms. The first-order chi connectivity index (χ1) is 9.65. The van der Waals surface area contributed by atoms with Crippen LogP contribution in [0.3, 0.4) is 0 Å². The van der Waals surface area contributed by atoms with Gasteiger partial charge in [-0.25, -0.2) is 0 Å². The average Bonchev–Trinajstić information content (AvgIpc) is 2.46. The van der Waals surface area contributed by atoms with Crippen LogP contribution in [-0.2, 0) is 4.79 Å². The second-order valence-electron chi connectivity index (χ2n) is 5.04. The lowest BCUT2D eigenvalue weighted by molar-refractivity contribution is -0.132. The number of carbonyl (C=O) groups excluding carboxylic acids is 1. The lowest BCUT2D eigenvalue weighted by Gasteiger charge is -2.30. The van der Waals surface area contributed by atoms with Crippen molar-refractivity contribution in [3.63, 3.8) is 0 Å². The van der Waals surface area contributed by atoms with Crippen LogP contribution in [0.25, 0.3) is 10.8 Å². The van der Waals surface area contributed by atoms with Gasteiger partial charge in [-0.15, -0.1) is 10.2 Å². The van der Waals surface area contributed by atoms with Gasteiger partial charge in [0.1, 0.15) is 0 Å². The second-order valence-corrected chi connectivity index (χ2v) is 5.40. The van der Waals surface area contributed by atoms with Crippen molar-refractivity contribution in [2.24, 2.45) is 0 Å². The molecule has 1 atom stereocenters. The molecule has 5 nitrogen and oxygen atoms in total. The Labute approximate surface area is 121 Å². The Kier molecular flexibility index (Phi) is 3.44. The Balaban J connectivity index is 1.88. The summed E-state index contributed by atoms with van der Waals surface area (Å²) < 4.78 is 0. The summed E-state index contributed by atoms with van der Waals surface area (Å²) in [5.74, 6) is 0.910. The van der Waals surface area contributed by atoms with Crippen molar-refractivity contribution >= 4 is 34.1 Å². The van der Waals surface area contributed by atoms with Crippen LogP contribution in [0.4, 0.5) is 5.82 Å². The number of benzene rings is 1. The number of hydrogen-bond acceptors (Lipinski definition) is 4. The van der Waals surface area contributed by atoms with E-state index < -0.39 is 0 Å². The highest BCUT2D eigenvalue weighted by molar-refractivity contribution is 6.34. The predicted molar refractivity (Wildman–Crippen MR) is 78.8 cm³/mol. The third-order valence-corrected chi connectivity index (χ3v) is 3.89. The summed E-state index contributed by atoms with van der Waals surface area (Å²) in [5, 5.41) is 13.7. The molecule has 0 radical (unpaired) electrons. The summed E-state index contributed by atoms with van der Waals surface area (Å²) in [6.07, 6.45) is 1.37. The Morgan fingerprint density at radius 3 is 2.80 bits per heavy atom. The molecule has 3 rings (SSSR count). The van der Waals surface area contributed by atoms with Gasteiger partial charge in [-0.2, -0.15) is 0 Å². The maximum absolute atomic E-state index is 11.5. The lowest BCUT2D eigenvalue weighted by Crippen LogP contribution is -2.43. The third kappa shape index (κ3) is 2.41. The molecule has 0 spiro atoms. The maximum atomic E-state index is 11.5. The van der Waals surface area contributed by atoms with Crippen molar-refractivity contribution in [3.8, 4) is 0 Å². The van der Waals surface area contributed by atoms with E-state index >= 15 is 0 Å². The number of likely N-dealkylation sites (tertiary alicyclic amines) is 1. The van der Waals surface area contributed by atoms with E-state index in [2.05, 4.69) is 15.5 Å². The number of fused-ring (bicyclic) bond motifs is 1. The number of hydrogen-bond donors (Lipinski definition) is 1. The van der Waals surface area contributed by atoms with Gasteiger partial charge in [0.25, 0.3) is 0 Å². The van der Waals surface area contributed by atoms with Crippen LogP contribution in [0.2, 0.25) is 5.15 Å². The van der Waals surface area contributed by atoms with Gasteiger partial charge >= 0.3 is 0 Å². The number of anilines is 1. The predicted octanol–water partition coefficient (Wildman–Crippen LogP) is 2.32. The largest absolute Gasteiger partial charge is 0.364 e. The van der Waals surface area contributed by atoms with Gasteiger partial charge in [0.05, 0.1) is 0 Å². The molecular formula is C14H15ClN4O. The number of halogens is 1. The number of nitrogens with zero attached hydrogens (tertiary/aromatic N) is 3. The Hall–Kier alpha value is -1.88. The molecule has 1 aliphatic rings. The normalized spacial score (nSPS) is 19.4. The van der Waals surface area contributed by atoms with E-state index in [1.165, 1.54) is 0 Å². The van der Waals surface area contributed by atoms with E-state index in [1.54, 1.807) is 4.90 Å². The van der Waals surface area contributed by atoms with Crippen LogP contribution in [-0.4, -0.2) is 40.6 Å². The monoisotopic (exact) mass is 290 g/mol. The first-order valence-corrected chi connectivity index (χ1v) is 6.94. The molecule has 0 aliphatic carbocycles. The van der Waals surface area contributed by atoms with E-state index in [0.29, 0.717) is 18.1 Å². The Bertz CT molecular complexity index is 661. The van der Waals surface area contributed by atoms with Crippen molar-refractivity contribution in [1.82, 2.24) is 15.1 Å². The molecule has 1 aliphatic heterocycles. The minimum atomic E-state index is 0.190. The smallest absolute Gasteiger partial charge is 0.222 e. The van der Waals surface area contributed by atoms with Crippen molar-refractivity contribution < 1.29 is 4.79 Å². The van der Waals surface area contributed by atoms with Gasteiger partial charge in [-0.3, -0.25) is 4.79 Å². The van der Waals surface area contributed by atoms with E-state index in [-0.39, 0.29) is 11.9 Å². The summed E-state index contributed by atoms with van der Waals surface area (Å²) in [6, 6.07) is 7.95. The van der Waals surface area contributed by atoms with Crippen LogP contribution in [0.1, 0.15) is 12.8 Å². The summed E-state index contributed by atoms with van der Waals surface area (Å²) >= 11 is 6.06. The molecule has 1 amide bonds. The van der Waals surface area contributed by atoms with Crippen LogP contribution in [0.5, 0.6) is 0 Å². The molecule has 1 unspecified atom stereocenters. The van der Waals surface area contributed by atoms with Crippen molar-refractivity contribution in [1.29, 1.82) is 0 Å². The lowest BCUT2D eigenvalue weighted by atomic mass is 10.1. The zero-order valence-corrected chi connectivity index (χ0v) is 11.9. The fourth-order valence-corrected chi connectivity index (χ4v) is 2.70. The third-order valence-electron chi connectivity index (χ3n) is 3.61. The highest BCUT2D eigenvalue weighted by Crippen LogP contribution is 2.26. The second kappa shape index (κ2) is 5.25. The van der Waals surface area contributed by atoms with Crippen molar-refractivity contribution in [2.45, 2.75) is 18.9 Å². The summed E-state index contributed by atoms with van der Waals surface area (Å²) in [7, 11) is 1.82. The molecule has 0 saturated carbocycles. The van der Waals surface area contributed by atoms with Crippen LogP contribution >= 0.6 is 11.6 Å². The van der Waals surface area contributed by atoms with Crippen LogP contribution in [0, 0.1) is 0 Å². The molecule has 0 bridgehead atoms. The molecule has 1 aromatic heterocycles. The first kappa shape index (κ1) is 13.1. The van der Waals surface area contributed by atoms with Crippen molar-refractivity contribution in [3.05, 3.63) is 29.4 Å². The van der Waals surface area contributed by atoms with E-state index in [1.807, 2.05) is 31.3 Å². The fourth-order valence-electron chi connectivity index (χ4n) is 2.50. The Morgan fingerprint density at radius 1 is 1.30 bits per heavy atom. The molecule has 1 N–H and O–H groups in total. The van der Waals surface area contributed by atoms with Gasteiger partial charge in [0, 0.05) is 36.8 Å². The topological polar surface area (TPSA) is 58.1 Å². The van der Waals surface area contributed by atoms with Gasteiger partial charge < -0.3 is 10.2 Å². The number of rotatable bonds is 2. The van der Waals surface area contributed by atoms with Crippen LogP contribution in [0.15, 0.2) is 24.3 Å². The van der Waals surface area contributed by atoms with E-state index in [9.17, 15) is 4.79 Å². The highest BCUT2D eigenvalue weighted by atomic mass is 35.5. The molecule has 2 aromatic rings. The SMILES string of the molecule is CN1CC(Nc2nnc(Cl)c3ccccc23)CCC1=O. The molecule has 20 heavy (non-hydrogen) atoms. The van der Waals surface area contributed by atoms with E-state index in [0.717, 1.165) is 23.0 Å². The van der Waals surface area contributed by atoms with Crippen LogP contribution < -0.4 is 5.32 Å². The zero-order chi connectivity index (χ0) is 14.1. The molecule has 1 fully saturated rings. The minimum Gasteiger partial charge on any atom is -0.364 e. The zero-order valence-electron chi connectivity index (χ0n) is 11.1. The highest BCUT2D eigenvalue weighted by Gasteiger charge is 2.23. The van der Waals surface area contributed by atoms with Gasteiger partial charge in [-0.1, -0.05) is 35.9 Å². The minimum absolute atomic E-state index is 0.190. The van der Waals surface area contributed by atoms with Gasteiger partial charge in [0.15, 0.2) is 11.0 Å². The first-order valence-electron chi connectivity index (χ1n) is 6.56. The maximum Gasteiger partial charge on any atom is 0.222 e. The Morgan fingerprint density at radius 2 is 2.05 bits per heavy atom. The summed E-state index contributed by atoms with van der Waals surface area (Å²) in [4.78, 5) is 13.2. The number of aromatic nitrogens is 2. The van der Waals surface area contributed by atoms with E-state index in [4.69, 9.17) is 11.6 Å². The number of nitrogens with one attached hydrogen (secondary N) is 1. The molecular weight excluding hydrogens is 276 g/mol. The number of likely N-dealkylation sites (N-methyl/N-ethyl adjacent to an activating group) is 1. The average molecular weight is 291 g/mol. The quantitative estimate of drug-likeness (QED) is 0.922. The van der Waals surface area contributed by atoms with Gasteiger partial charge in [0.2, 0.25) is 5.91 Å². The summed E-state index contributed by atoms with van der Waals surface area (Å²) in [5.41, 5.74) is 0. The standard InChI is InChI=1S/C14H15ClN4O/c1-19-8-9(6-7-12(19)20)16-14-11-5-3-2-4-10(11)13(15)17-18-14/h2-5,9H,6-8H2,1H3,(H,16,18).